The standard InChI is InChI=1S/C14H29NO3/c1-8-17-11(4)18-12(16)14(7,9-10(2)3)13(5,6)15/h10-11H,8-9,15H2,1-7H3. The van der Waals surface area contributed by atoms with Crippen molar-refractivity contribution in [3.63, 3.8) is 0 Å². The summed E-state index contributed by atoms with van der Waals surface area (Å²) in [7, 11) is 0. The quantitative estimate of drug-likeness (QED) is 0.564. The van der Waals surface area contributed by atoms with Crippen LogP contribution in [0.4, 0.5) is 0 Å². The molecule has 108 valence electrons. The predicted octanol–water partition coefficient (Wildman–Crippen LogP) is 2.70. The first-order valence-corrected chi connectivity index (χ1v) is 6.66. The van der Waals surface area contributed by atoms with Crippen LogP contribution in [0.3, 0.4) is 0 Å². The zero-order valence-corrected chi connectivity index (χ0v) is 12.9. The Balaban J connectivity index is 4.93. The van der Waals surface area contributed by atoms with Gasteiger partial charge in [0.15, 0.2) is 6.29 Å². The maximum absolute atomic E-state index is 12.4. The molecule has 0 amide bonds. The van der Waals surface area contributed by atoms with E-state index in [1.54, 1.807) is 6.92 Å². The molecule has 0 aliphatic heterocycles. The largest absolute Gasteiger partial charge is 0.436 e. The van der Waals surface area contributed by atoms with Crippen LogP contribution >= 0.6 is 0 Å². The zero-order chi connectivity index (χ0) is 14.6. The third-order valence-corrected chi connectivity index (χ3v) is 3.36. The average molecular weight is 259 g/mol. The summed E-state index contributed by atoms with van der Waals surface area (Å²) in [4.78, 5) is 12.4. The van der Waals surface area contributed by atoms with E-state index in [-0.39, 0.29) is 5.97 Å². The van der Waals surface area contributed by atoms with Gasteiger partial charge in [-0.25, -0.2) is 0 Å². The molecular weight excluding hydrogens is 230 g/mol. The first kappa shape index (κ1) is 17.4. The molecule has 2 unspecified atom stereocenters. The number of hydrogen-bond donors (Lipinski definition) is 1. The number of carbonyl (C=O) groups is 1. The molecule has 0 rings (SSSR count). The van der Waals surface area contributed by atoms with Crippen LogP contribution in [0.1, 0.15) is 54.9 Å². The van der Waals surface area contributed by atoms with Gasteiger partial charge < -0.3 is 15.2 Å². The van der Waals surface area contributed by atoms with Gasteiger partial charge in [0.2, 0.25) is 0 Å². The van der Waals surface area contributed by atoms with Crippen LogP contribution in [-0.2, 0) is 14.3 Å². The molecule has 0 fully saturated rings. The third kappa shape index (κ3) is 4.58. The van der Waals surface area contributed by atoms with Crippen molar-refractivity contribution in [3.05, 3.63) is 0 Å². The Morgan fingerprint density at radius 1 is 1.22 bits per heavy atom. The molecule has 0 heterocycles. The van der Waals surface area contributed by atoms with Crippen molar-refractivity contribution >= 4 is 5.97 Å². The smallest absolute Gasteiger partial charge is 0.315 e. The Kier molecular flexibility index (Phi) is 6.30. The highest BCUT2D eigenvalue weighted by Crippen LogP contribution is 2.37. The summed E-state index contributed by atoms with van der Waals surface area (Å²) in [6, 6.07) is 0. The molecule has 0 aromatic rings. The maximum atomic E-state index is 12.4. The van der Waals surface area contributed by atoms with Crippen molar-refractivity contribution in [1.82, 2.24) is 0 Å². The molecule has 0 saturated carbocycles. The predicted molar refractivity (Wildman–Crippen MR) is 73.0 cm³/mol. The Morgan fingerprint density at radius 3 is 2.06 bits per heavy atom. The lowest BCUT2D eigenvalue weighted by molar-refractivity contribution is -0.189. The summed E-state index contributed by atoms with van der Waals surface area (Å²) >= 11 is 0. The van der Waals surface area contributed by atoms with Crippen LogP contribution in [0, 0.1) is 11.3 Å². The second-order valence-electron chi connectivity index (χ2n) is 6.08. The van der Waals surface area contributed by atoms with Crippen LogP contribution in [0.15, 0.2) is 0 Å². The first-order valence-electron chi connectivity index (χ1n) is 6.66. The first-order chi connectivity index (χ1) is 8.04. The van der Waals surface area contributed by atoms with E-state index in [9.17, 15) is 4.79 Å². The van der Waals surface area contributed by atoms with E-state index in [1.165, 1.54) is 0 Å². The van der Waals surface area contributed by atoms with Crippen LogP contribution in [0.2, 0.25) is 0 Å². The van der Waals surface area contributed by atoms with Crippen molar-refractivity contribution in [2.75, 3.05) is 6.61 Å². The van der Waals surface area contributed by atoms with E-state index in [0.717, 1.165) is 0 Å². The minimum absolute atomic E-state index is 0.287. The van der Waals surface area contributed by atoms with Gasteiger partial charge in [-0.3, -0.25) is 4.79 Å². The number of rotatable bonds is 7. The fraction of sp³-hybridized carbons (Fsp3) is 0.929. The van der Waals surface area contributed by atoms with E-state index in [1.807, 2.05) is 27.7 Å². The lowest BCUT2D eigenvalue weighted by Crippen LogP contribution is -2.55. The molecule has 2 atom stereocenters. The highest BCUT2D eigenvalue weighted by molar-refractivity contribution is 5.78. The average Bonchev–Trinajstić information content (AvgIpc) is 2.14. The second kappa shape index (κ2) is 6.53. The summed E-state index contributed by atoms with van der Waals surface area (Å²) < 4.78 is 10.6. The summed E-state index contributed by atoms with van der Waals surface area (Å²) in [6.07, 6.45) is 0.157. The molecule has 0 aliphatic rings. The maximum Gasteiger partial charge on any atom is 0.315 e. The number of carbonyl (C=O) groups excluding carboxylic acids is 1. The van der Waals surface area contributed by atoms with Crippen LogP contribution in [0.25, 0.3) is 0 Å². The minimum atomic E-state index is -0.716. The van der Waals surface area contributed by atoms with Gasteiger partial charge in [-0.15, -0.1) is 0 Å². The number of hydrogen-bond acceptors (Lipinski definition) is 4. The summed E-state index contributed by atoms with van der Waals surface area (Å²) in [6.45, 7) is 13.8. The molecule has 0 saturated heterocycles. The molecule has 0 aromatic carbocycles. The van der Waals surface area contributed by atoms with E-state index < -0.39 is 17.2 Å². The number of nitrogens with two attached hydrogens (primary N) is 1. The number of esters is 1. The molecule has 0 aromatic heterocycles. The van der Waals surface area contributed by atoms with Crippen LogP contribution in [-0.4, -0.2) is 24.4 Å². The topological polar surface area (TPSA) is 61.5 Å². The normalized spacial score (nSPS) is 17.4. The van der Waals surface area contributed by atoms with Gasteiger partial charge in [-0.1, -0.05) is 13.8 Å². The summed E-state index contributed by atoms with van der Waals surface area (Å²) in [5.74, 6) is 0.0809. The number of ether oxygens (including phenoxy) is 2. The lowest BCUT2D eigenvalue weighted by Gasteiger charge is -2.41. The van der Waals surface area contributed by atoms with E-state index in [4.69, 9.17) is 15.2 Å². The molecule has 4 heteroatoms. The van der Waals surface area contributed by atoms with Crippen LogP contribution in [0.5, 0.6) is 0 Å². The molecular formula is C14H29NO3. The van der Waals surface area contributed by atoms with Crippen LogP contribution < -0.4 is 5.73 Å². The Morgan fingerprint density at radius 2 is 1.72 bits per heavy atom. The molecule has 18 heavy (non-hydrogen) atoms. The van der Waals surface area contributed by atoms with Gasteiger partial charge >= 0.3 is 5.97 Å². The van der Waals surface area contributed by atoms with E-state index in [2.05, 4.69) is 13.8 Å². The molecule has 0 radical (unpaired) electrons. The van der Waals surface area contributed by atoms with Gasteiger partial charge in [0.05, 0.1) is 5.41 Å². The Hall–Kier alpha value is -0.610. The summed E-state index contributed by atoms with van der Waals surface area (Å²) in [5.41, 5.74) is 4.82. The lowest BCUT2D eigenvalue weighted by atomic mass is 9.68. The molecule has 4 nitrogen and oxygen atoms in total. The SMILES string of the molecule is CCOC(C)OC(=O)C(C)(CC(C)C)C(C)(C)N. The van der Waals surface area contributed by atoms with Crippen molar-refractivity contribution < 1.29 is 14.3 Å². The van der Waals surface area contributed by atoms with E-state index in [0.29, 0.717) is 18.9 Å². The van der Waals surface area contributed by atoms with Gasteiger partial charge in [0, 0.05) is 12.1 Å². The Labute approximate surface area is 111 Å². The molecule has 0 aliphatic carbocycles. The van der Waals surface area contributed by atoms with Gasteiger partial charge in [0.25, 0.3) is 0 Å². The zero-order valence-electron chi connectivity index (χ0n) is 12.9. The third-order valence-electron chi connectivity index (χ3n) is 3.36. The highest BCUT2D eigenvalue weighted by Gasteiger charge is 2.47. The van der Waals surface area contributed by atoms with Crippen molar-refractivity contribution in [2.45, 2.75) is 66.7 Å². The van der Waals surface area contributed by atoms with Gasteiger partial charge in [0.1, 0.15) is 0 Å². The fourth-order valence-electron chi connectivity index (χ4n) is 1.98. The minimum Gasteiger partial charge on any atom is -0.436 e. The highest BCUT2D eigenvalue weighted by atomic mass is 16.7. The molecule has 2 N–H and O–H groups in total. The molecule has 0 spiro atoms. The van der Waals surface area contributed by atoms with Gasteiger partial charge in [-0.05, 0) is 47.0 Å². The fourth-order valence-corrected chi connectivity index (χ4v) is 1.98. The van der Waals surface area contributed by atoms with Gasteiger partial charge in [-0.2, -0.15) is 0 Å². The van der Waals surface area contributed by atoms with Crippen molar-refractivity contribution in [1.29, 1.82) is 0 Å². The summed E-state index contributed by atoms with van der Waals surface area (Å²) in [5, 5.41) is 0. The van der Waals surface area contributed by atoms with Crippen molar-refractivity contribution in [2.24, 2.45) is 17.1 Å². The molecule has 0 bridgehead atoms. The second-order valence-corrected chi connectivity index (χ2v) is 6.08. The monoisotopic (exact) mass is 259 g/mol. The Bertz CT molecular complexity index is 271. The van der Waals surface area contributed by atoms with E-state index >= 15 is 0 Å². The van der Waals surface area contributed by atoms with Crippen molar-refractivity contribution in [3.8, 4) is 0 Å².